The van der Waals surface area contributed by atoms with Gasteiger partial charge in [0, 0.05) is 19.1 Å². The van der Waals surface area contributed by atoms with Crippen LogP contribution in [0.4, 0.5) is 0 Å². The van der Waals surface area contributed by atoms with Gasteiger partial charge < -0.3 is 20.1 Å². The number of piperidine rings is 1. The van der Waals surface area contributed by atoms with Crippen LogP contribution in [0.1, 0.15) is 31.9 Å². The van der Waals surface area contributed by atoms with Crippen molar-refractivity contribution in [1.29, 1.82) is 0 Å². The van der Waals surface area contributed by atoms with Gasteiger partial charge in [-0.1, -0.05) is 19.9 Å². The Labute approximate surface area is 127 Å². The van der Waals surface area contributed by atoms with Crippen LogP contribution in [-0.2, 0) is 0 Å². The van der Waals surface area contributed by atoms with Crippen LogP contribution >= 0.6 is 0 Å². The highest BCUT2D eigenvalue weighted by Gasteiger charge is 2.24. The largest absolute Gasteiger partial charge is 0.486 e. The first-order valence-electron chi connectivity index (χ1n) is 8.01. The van der Waals surface area contributed by atoms with Gasteiger partial charge in [0.15, 0.2) is 11.5 Å². The molecule has 3 rings (SSSR count). The van der Waals surface area contributed by atoms with Crippen LogP contribution in [0, 0.1) is 11.8 Å². The van der Waals surface area contributed by atoms with Crippen LogP contribution in [-0.4, -0.2) is 37.7 Å². The van der Waals surface area contributed by atoms with Gasteiger partial charge in [0.2, 0.25) is 0 Å². The fourth-order valence-corrected chi connectivity index (χ4v) is 3.19. The summed E-state index contributed by atoms with van der Waals surface area (Å²) in [5, 5.41) is 0. The summed E-state index contributed by atoms with van der Waals surface area (Å²) in [6.45, 7) is 9.16. The lowest BCUT2D eigenvalue weighted by Crippen LogP contribution is -2.41. The van der Waals surface area contributed by atoms with Gasteiger partial charge in [0.1, 0.15) is 13.2 Å². The molecule has 1 aromatic rings. The predicted molar refractivity (Wildman–Crippen MR) is 83.7 cm³/mol. The number of fused-ring (bicyclic) bond motifs is 1. The van der Waals surface area contributed by atoms with E-state index in [1.165, 1.54) is 6.42 Å². The van der Waals surface area contributed by atoms with Crippen molar-refractivity contribution in [1.82, 2.24) is 4.90 Å². The summed E-state index contributed by atoms with van der Waals surface area (Å²) in [5.41, 5.74) is 7.53. The molecule has 2 heterocycles. The number of hydrogen-bond donors (Lipinski definition) is 1. The highest BCUT2D eigenvalue weighted by Crippen LogP contribution is 2.32. The zero-order chi connectivity index (χ0) is 14.8. The third-order valence-corrected chi connectivity index (χ3v) is 4.87. The molecular weight excluding hydrogens is 264 g/mol. The van der Waals surface area contributed by atoms with Crippen LogP contribution in [0.2, 0.25) is 0 Å². The van der Waals surface area contributed by atoms with Gasteiger partial charge in [-0.2, -0.15) is 0 Å². The Morgan fingerprint density at radius 3 is 2.71 bits per heavy atom. The van der Waals surface area contributed by atoms with Crippen molar-refractivity contribution in [3.63, 3.8) is 0 Å². The lowest BCUT2D eigenvalue weighted by Gasteiger charge is -2.36. The fraction of sp³-hybridized carbons (Fsp3) is 0.647. The maximum absolute atomic E-state index is 6.40. The monoisotopic (exact) mass is 290 g/mol. The Morgan fingerprint density at radius 2 is 1.95 bits per heavy atom. The number of nitrogens with zero attached hydrogens (tertiary/aromatic N) is 1. The first kappa shape index (κ1) is 14.7. The summed E-state index contributed by atoms with van der Waals surface area (Å²) >= 11 is 0. The predicted octanol–water partition coefficient (Wildman–Crippen LogP) is 2.44. The molecule has 3 atom stereocenters. The van der Waals surface area contributed by atoms with E-state index in [1.54, 1.807) is 0 Å². The van der Waals surface area contributed by atoms with Gasteiger partial charge in [-0.15, -0.1) is 0 Å². The maximum atomic E-state index is 6.40. The molecule has 1 aromatic carbocycles. The lowest BCUT2D eigenvalue weighted by atomic mass is 9.88. The molecule has 4 heteroatoms. The van der Waals surface area contributed by atoms with Crippen molar-refractivity contribution in [2.45, 2.75) is 26.3 Å². The molecule has 116 valence electrons. The van der Waals surface area contributed by atoms with Crippen molar-refractivity contribution < 1.29 is 9.47 Å². The zero-order valence-electron chi connectivity index (χ0n) is 13.0. The van der Waals surface area contributed by atoms with Gasteiger partial charge in [-0.3, -0.25) is 0 Å². The van der Waals surface area contributed by atoms with E-state index in [0.717, 1.165) is 48.5 Å². The standard InChI is InChI=1S/C17H26N2O2/c1-12-5-6-19(10-13(12)2)11-15(18)14-3-4-16-17(9-14)21-8-7-20-16/h3-4,9,12-13,15H,5-8,10-11,18H2,1-2H3. The van der Waals surface area contributed by atoms with Gasteiger partial charge in [-0.05, 0) is 42.5 Å². The topological polar surface area (TPSA) is 47.7 Å². The molecule has 2 aliphatic rings. The second-order valence-electron chi connectivity index (χ2n) is 6.51. The van der Waals surface area contributed by atoms with E-state index in [4.69, 9.17) is 15.2 Å². The first-order valence-corrected chi connectivity index (χ1v) is 8.01. The lowest BCUT2D eigenvalue weighted by molar-refractivity contribution is 0.132. The summed E-state index contributed by atoms with van der Waals surface area (Å²) in [5.74, 6) is 3.24. The Balaban J connectivity index is 1.64. The Hall–Kier alpha value is -1.26. The Kier molecular flexibility index (Phi) is 4.36. The van der Waals surface area contributed by atoms with E-state index < -0.39 is 0 Å². The molecule has 4 nitrogen and oxygen atoms in total. The average molecular weight is 290 g/mol. The smallest absolute Gasteiger partial charge is 0.161 e. The zero-order valence-corrected chi connectivity index (χ0v) is 13.0. The third kappa shape index (κ3) is 3.33. The molecule has 0 radical (unpaired) electrons. The Bertz CT molecular complexity index is 492. The average Bonchev–Trinajstić information content (AvgIpc) is 2.50. The second-order valence-corrected chi connectivity index (χ2v) is 6.51. The van der Waals surface area contributed by atoms with E-state index in [0.29, 0.717) is 13.2 Å². The summed E-state index contributed by atoms with van der Waals surface area (Å²) in [6.07, 6.45) is 1.27. The second kappa shape index (κ2) is 6.24. The first-order chi connectivity index (χ1) is 10.1. The van der Waals surface area contributed by atoms with E-state index in [2.05, 4.69) is 24.8 Å². The summed E-state index contributed by atoms with van der Waals surface area (Å²) in [7, 11) is 0. The summed E-state index contributed by atoms with van der Waals surface area (Å²) in [4.78, 5) is 2.49. The van der Waals surface area contributed by atoms with Crippen molar-refractivity contribution in [3.05, 3.63) is 23.8 Å². The van der Waals surface area contributed by atoms with Crippen LogP contribution < -0.4 is 15.2 Å². The molecule has 21 heavy (non-hydrogen) atoms. The van der Waals surface area contributed by atoms with Crippen LogP contribution in [0.15, 0.2) is 18.2 Å². The van der Waals surface area contributed by atoms with Crippen molar-refractivity contribution >= 4 is 0 Å². The quantitative estimate of drug-likeness (QED) is 0.929. The van der Waals surface area contributed by atoms with Crippen molar-refractivity contribution in [3.8, 4) is 11.5 Å². The SMILES string of the molecule is CC1CCN(CC(N)c2ccc3c(c2)OCCO3)CC1C. The van der Waals surface area contributed by atoms with E-state index in [9.17, 15) is 0 Å². The van der Waals surface area contributed by atoms with Crippen LogP contribution in [0.25, 0.3) is 0 Å². The molecule has 0 bridgehead atoms. The van der Waals surface area contributed by atoms with Crippen molar-refractivity contribution in [2.75, 3.05) is 32.8 Å². The molecule has 2 N–H and O–H groups in total. The van der Waals surface area contributed by atoms with E-state index >= 15 is 0 Å². The normalized spacial score (nSPS) is 27.4. The van der Waals surface area contributed by atoms with Gasteiger partial charge in [-0.25, -0.2) is 0 Å². The molecule has 0 aromatic heterocycles. The molecule has 0 amide bonds. The summed E-state index contributed by atoms with van der Waals surface area (Å²) in [6, 6.07) is 6.11. The molecule has 0 spiro atoms. The number of nitrogens with two attached hydrogens (primary N) is 1. The number of hydrogen-bond acceptors (Lipinski definition) is 4. The van der Waals surface area contributed by atoms with Crippen LogP contribution in [0.5, 0.6) is 11.5 Å². The minimum Gasteiger partial charge on any atom is -0.486 e. The minimum absolute atomic E-state index is 0.0291. The van der Waals surface area contributed by atoms with Crippen LogP contribution in [0.3, 0.4) is 0 Å². The van der Waals surface area contributed by atoms with Gasteiger partial charge in [0.05, 0.1) is 0 Å². The van der Waals surface area contributed by atoms with E-state index in [1.807, 2.05) is 12.1 Å². The molecule has 3 unspecified atom stereocenters. The highest BCUT2D eigenvalue weighted by molar-refractivity contribution is 5.44. The third-order valence-electron chi connectivity index (χ3n) is 4.87. The molecule has 0 saturated carbocycles. The van der Waals surface area contributed by atoms with Gasteiger partial charge in [0.25, 0.3) is 0 Å². The number of rotatable bonds is 3. The van der Waals surface area contributed by atoms with Crippen molar-refractivity contribution in [2.24, 2.45) is 17.6 Å². The molecule has 1 saturated heterocycles. The molecule has 2 aliphatic heterocycles. The fourth-order valence-electron chi connectivity index (χ4n) is 3.19. The number of likely N-dealkylation sites (tertiary alicyclic amines) is 1. The number of ether oxygens (including phenoxy) is 2. The number of benzene rings is 1. The van der Waals surface area contributed by atoms with Gasteiger partial charge >= 0.3 is 0 Å². The molecule has 1 fully saturated rings. The Morgan fingerprint density at radius 1 is 1.19 bits per heavy atom. The summed E-state index contributed by atoms with van der Waals surface area (Å²) < 4.78 is 11.2. The maximum Gasteiger partial charge on any atom is 0.161 e. The van der Waals surface area contributed by atoms with E-state index in [-0.39, 0.29) is 6.04 Å². The minimum atomic E-state index is 0.0291. The molecule has 0 aliphatic carbocycles. The molecular formula is C17H26N2O2. The highest BCUT2D eigenvalue weighted by atomic mass is 16.6.